The quantitative estimate of drug-likeness (QED) is 0.659. The fourth-order valence-corrected chi connectivity index (χ4v) is 4.04. The molecule has 2 aliphatic heterocycles. The van der Waals surface area contributed by atoms with E-state index in [-0.39, 0.29) is 5.91 Å². The molecule has 1 amide bonds. The molecular formula is C23H28N4O. The van der Waals surface area contributed by atoms with Crippen molar-refractivity contribution < 1.29 is 4.79 Å². The molecule has 5 heteroatoms. The highest BCUT2D eigenvalue weighted by Crippen LogP contribution is 2.19. The van der Waals surface area contributed by atoms with Crippen molar-refractivity contribution in [2.24, 2.45) is 4.99 Å². The molecule has 2 aromatic rings. The van der Waals surface area contributed by atoms with Crippen LogP contribution in [0.5, 0.6) is 0 Å². The molecule has 0 atom stereocenters. The van der Waals surface area contributed by atoms with Gasteiger partial charge in [0.2, 0.25) is 5.91 Å². The first kappa shape index (κ1) is 18.5. The van der Waals surface area contributed by atoms with Gasteiger partial charge in [-0.25, -0.2) is 0 Å². The number of carbonyl (C=O) groups is 1. The van der Waals surface area contributed by atoms with Gasteiger partial charge in [-0.2, -0.15) is 0 Å². The summed E-state index contributed by atoms with van der Waals surface area (Å²) in [4.78, 5) is 20.5. The first-order chi connectivity index (χ1) is 13.7. The van der Waals surface area contributed by atoms with E-state index in [1.54, 1.807) is 0 Å². The van der Waals surface area contributed by atoms with Crippen molar-refractivity contribution in [2.45, 2.75) is 38.9 Å². The van der Waals surface area contributed by atoms with Crippen LogP contribution in [0.3, 0.4) is 0 Å². The summed E-state index contributed by atoms with van der Waals surface area (Å²) in [5, 5.41) is 3.50. The van der Waals surface area contributed by atoms with Gasteiger partial charge in [-0.15, -0.1) is 0 Å². The SMILES string of the molecule is CN=C(NCc1ccc(CN2CCCC2=O)cc1)N1CCc2ccccc2C1. The van der Waals surface area contributed by atoms with Crippen molar-refractivity contribution in [3.63, 3.8) is 0 Å². The summed E-state index contributed by atoms with van der Waals surface area (Å²) in [6.45, 7) is 4.24. The maximum atomic E-state index is 11.8. The predicted molar refractivity (Wildman–Crippen MR) is 112 cm³/mol. The molecule has 2 aliphatic rings. The molecule has 0 saturated carbocycles. The molecular weight excluding hydrogens is 348 g/mol. The molecule has 1 N–H and O–H groups in total. The Morgan fingerprint density at radius 3 is 2.46 bits per heavy atom. The lowest BCUT2D eigenvalue weighted by molar-refractivity contribution is -0.128. The van der Waals surface area contributed by atoms with Crippen LogP contribution < -0.4 is 5.32 Å². The smallest absolute Gasteiger partial charge is 0.222 e. The number of likely N-dealkylation sites (tertiary alicyclic amines) is 1. The average Bonchev–Trinajstić information content (AvgIpc) is 3.14. The fraction of sp³-hybridized carbons (Fsp3) is 0.391. The number of nitrogens with zero attached hydrogens (tertiary/aromatic N) is 3. The second kappa shape index (κ2) is 8.46. The van der Waals surface area contributed by atoms with Crippen LogP contribution in [-0.2, 0) is 30.8 Å². The van der Waals surface area contributed by atoms with Crippen LogP contribution in [0.25, 0.3) is 0 Å². The number of guanidine groups is 1. The van der Waals surface area contributed by atoms with Crippen LogP contribution in [0.1, 0.15) is 35.1 Å². The average molecular weight is 377 g/mol. The van der Waals surface area contributed by atoms with Crippen LogP contribution in [0.2, 0.25) is 0 Å². The van der Waals surface area contributed by atoms with Gasteiger partial charge < -0.3 is 15.1 Å². The molecule has 0 bridgehead atoms. The van der Waals surface area contributed by atoms with Crippen LogP contribution >= 0.6 is 0 Å². The zero-order chi connectivity index (χ0) is 19.3. The van der Waals surface area contributed by atoms with E-state index in [0.717, 1.165) is 51.5 Å². The van der Waals surface area contributed by atoms with Gasteiger partial charge in [0.15, 0.2) is 5.96 Å². The van der Waals surface area contributed by atoms with Crippen molar-refractivity contribution in [1.82, 2.24) is 15.1 Å². The molecule has 0 unspecified atom stereocenters. The topological polar surface area (TPSA) is 47.9 Å². The molecule has 28 heavy (non-hydrogen) atoms. The van der Waals surface area contributed by atoms with Crippen molar-refractivity contribution in [2.75, 3.05) is 20.1 Å². The maximum Gasteiger partial charge on any atom is 0.222 e. The van der Waals surface area contributed by atoms with Gasteiger partial charge in [0.1, 0.15) is 0 Å². The predicted octanol–water partition coefficient (Wildman–Crippen LogP) is 2.94. The van der Waals surface area contributed by atoms with E-state index in [1.807, 2.05) is 11.9 Å². The molecule has 1 saturated heterocycles. The summed E-state index contributed by atoms with van der Waals surface area (Å²) in [6, 6.07) is 17.2. The lowest BCUT2D eigenvalue weighted by Gasteiger charge is -2.31. The minimum Gasteiger partial charge on any atom is -0.352 e. The Kier molecular flexibility index (Phi) is 5.60. The van der Waals surface area contributed by atoms with Crippen molar-refractivity contribution in [1.29, 1.82) is 0 Å². The van der Waals surface area contributed by atoms with Gasteiger partial charge >= 0.3 is 0 Å². The van der Waals surface area contributed by atoms with Gasteiger partial charge in [0.05, 0.1) is 0 Å². The fourth-order valence-electron chi connectivity index (χ4n) is 4.04. The van der Waals surface area contributed by atoms with Crippen molar-refractivity contribution in [3.05, 3.63) is 70.8 Å². The summed E-state index contributed by atoms with van der Waals surface area (Å²) >= 11 is 0. The molecule has 5 nitrogen and oxygen atoms in total. The van der Waals surface area contributed by atoms with Gasteiger partial charge in [0, 0.05) is 46.2 Å². The van der Waals surface area contributed by atoms with Gasteiger partial charge in [-0.3, -0.25) is 9.79 Å². The number of benzene rings is 2. The van der Waals surface area contributed by atoms with Gasteiger partial charge in [-0.05, 0) is 35.1 Å². The third kappa shape index (κ3) is 4.19. The first-order valence-corrected chi connectivity index (χ1v) is 10.1. The second-order valence-electron chi connectivity index (χ2n) is 7.58. The highest BCUT2D eigenvalue weighted by atomic mass is 16.2. The summed E-state index contributed by atoms with van der Waals surface area (Å²) in [6.07, 6.45) is 2.74. The number of nitrogens with one attached hydrogen (secondary N) is 1. The summed E-state index contributed by atoms with van der Waals surface area (Å²) in [7, 11) is 1.85. The highest BCUT2D eigenvalue weighted by Gasteiger charge is 2.20. The molecule has 4 rings (SSSR count). The molecule has 2 heterocycles. The zero-order valence-corrected chi connectivity index (χ0v) is 16.5. The minimum atomic E-state index is 0.276. The van der Waals surface area contributed by atoms with E-state index < -0.39 is 0 Å². The Hall–Kier alpha value is -2.82. The minimum absolute atomic E-state index is 0.276. The van der Waals surface area contributed by atoms with E-state index >= 15 is 0 Å². The molecule has 0 aliphatic carbocycles. The Labute approximate surface area is 167 Å². The molecule has 0 aromatic heterocycles. The summed E-state index contributed by atoms with van der Waals surface area (Å²) < 4.78 is 0. The van der Waals surface area contributed by atoms with E-state index in [0.29, 0.717) is 6.42 Å². The molecule has 1 fully saturated rings. The molecule has 2 aromatic carbocycles. The number of hydrogen-bond acceptors (Lipinski definition) is 2. The van der Waals surface area contributed by atoms with Crippen LogP contribution in [0, 0.1) is 0 Å². The first-order valence-electron chi connectivity index (χ1n) is 10.1. The highest BCUT2D eigenvalue weighted by molar-refractivity contribution is 5.80. The normalized spacial score (nSPS) is 17.0. The van der Waals surface area contributed by atoms with Crippen molar-refractivity contribution >= 4 is 11.9 Å². The van der Waals surface area contributed by atoms with E-state index in [1.165, 1.54) is 22.3 Å². The Bertz CT molecular complexity index is 859. The van der Waals surface area contributed by atoms with E-state index in [2.05, 4.69) is 63.7 Å². The van der Waals surface area contributed by atoms with Crippen molar-refractivity contribution in [3.8, 4) is 0 Å². The van der Waals surface area contributed by atoms with Crippen LogP contribution in [-0.4, -0.2) is 41.8 Å². The number of aliphatic imine (C=N–C) groups is 1. The number of fused-ring (bicyclic) bond motifs is 1. The second-order valence-corrected chi connectivity index (χ2v) is 7.58. The van der Waals surface area contributed by atoms with Crippen LogP contribution in [0.15, 0.2) is 53.5 Å². The Balaban J connectivity index is 1.32. The number of hydrogen-bond donors (Lipinski definition) is 1. The largest absolute Gasteiger partial charge is 0.352 e. The number of carbonyl (C=O) groups excluding carboxylic acids is 1. The lowest BCUT2D eigenvalue weighted by atomic mass is 10.0. The Morgan fingerprint density at radius 1 is 1.00 bits per heavy atom. The summed E-state index contributed by atoms with van der Waals surface area (Å²) in [5.41, 5.74) is 5.24. The standard InChI is InChI=1S/C23H28N4O/c1-24-23(27-14-12-20-5-2-3-6-21(20)17-27)25-15-18-8-10-19(11-9-18)16-26-13-4-7-22(26)28/h2-3,5-6,8-11H,4,7,12-17H2,1H3,(H,24,25). The maximum absolute atomic E-state index is 11.8. The third-order valence-electron chi connectivity index (χ3n) is 5.66. The summed E-state index contributed by atoms with van der Waals surface area (Å²) in [5.74, 6) is 1.22. The molecule has 146 valence electrons. The van der Waals surface area contributed by atoms with E-state index in [4.69, 9.17) is 0 Å². The molecule has 0 spiro atoms. The lowest BCUT2D eigenvalue weighted by Crippen LogP contribution is -2.43. The third-order valence-corrected chi connectivity index (χ3v) is 5.66. The number of rotatable bonds is 4. The Morgan fingerprint density at radius 2 is 1.75 bits per heavy atom. The van der Waals surface area contributed by atoms with Crippen LogP contribution in [0.4, 0.5) is 0 Å². The number of amides is 1. The van der Waals surface area contributed by atoms with Gasteiger partial charge in [0.25, 0.3) is 0 Å². The van der Waals surface area contributed by atoms with E-state index in [9.17, 15) is 4.79 Å². The van der Waals surface area contributed by atoms with Gasteiger partial charge in [-0.1, -0.05) is 48.5 Å². The monoisotopic (exact) mass is 376 g/mol. The molecule has 0 radical (unpaired) electrons. The zero-order valence-electron chi connectivity index (χ0n) is 16.5.